The molecule has 0 amide bonds. The van der Waals surface area contributed by atoms with E-state index in [9.17, 15) is 0 Å². The number of fused-ring (bicyclic) bond motifs is 2. The molecule has 3 heteroatoms. The molecule has 0 aromatic heterocycles. The normalized spacial score (nSPS) is 52.4. The molecule has 2 N–H and O–H groups in total. The molecule has 0 radical (unpaired) electrons. The highest BCUT2D eigenvalue weighted by atomic mass is 15.5. The van der Waals surface area contributed by atoms with E-state index >= 15 is 0 Å². The second-order valence-electron chi connectivity index (χ2n) is 4.39. The van der Waals surface area contributed by atoms with Crippen molar-refractivity contribution < 1.29 is 0 Å². The zero-order chi connectivity index (χ0) is 7.64. The molecule has 0 bridgehead atoms. The van der Waals surface area contributed by atoms with Crippen LogP contribution in [0.2, 0.25) is 0 Å². The zero-order valence-corrected chi connectivity index (χ0v) is 6.95. The first-order valence-electron chi connectivity index (χ1n) is 4.46. The fourth-order valence-electron chi connectivity index (χ4n) is 2.69. The Balaban J connectivity index is 1.86. The molecule has 1 spiro atoms. The summed E-state index contributed by atoms with van der Waals surface area (Å²) in [5, 5.41) is 0. The Bertz CT molecular complexity index is 200. The van der Waals surface area contributed by atoms with Crippen LogP contribution in [0.4, 0.5) is 0 Å². The Morgan fingerprint density at radius 3 is 2.82 bits per heavy atom. The summed E-state index contributed by atoms with van der Waals surface area (Å²) in [7, 11) is 2.21. The molecule has 3 unspecified atom stereocenters. The highest BCUT2D eigenvalue weighted by Crippen LogP contribution is 2.52. The standard InChI is InChI=1S/C8H15N3/c1-10-4-6-7(9)11(6)8(5-10)2-3-8/h6-7H,2-5,9H2,1H3. The van der Waals surface area contributed by atoms with E-state index in [0.717, 1.165) is 0 Å². The first kappa shape index (κ1) is 6.40. The third-order valence-electron chi connectivity index (χ3n) is 3.42. The summed E-state index contributed by atoms with van der Waals surface area (Å²) >= 11 is 0. The molecular weight excluding hydrogens is 138 g/mol. The number of likely N-dealkylation sites (N-methyl/N-ethyl adjacent to an activating group) is 1. The van der Waals surface area contributed by atoms with E-state index < -0.39 is 0 Å². The molecule has 3 rings (SSSR count). The van der Waals surface area contributed by atoms with Crippen LogP contribution in [0.25, 0.3) is 0 Å². The van der Waals surface area contributed by atoms with E-state index in [1.54, 1.807) is 0 Å². The first-order valence-corrected chi connectivity index (χ1v) is 4.46. The third kappa shape index (κ3) is 0.687. The van der Waals surface area contributed by atoms with Crippen LogP contribution in [0.5, 0.6) is 0 Å². The summed E-state index contributed by atoms with van der Waals surface area (Å²) in [5.41, 5.74) is 6.49. The average molecular weight is 153 g/mol. The van der Waals surface area contributed by atoms with Crippen LogP contribution in [0.15, 0.2) is 0 Å². The van der Waals surface area contributed by atoms with E-state index in [2.05, 4.69) is 16.8 Å². The number of hydrogen-bond donors (Lipinski definition) is 1. The van der Waals surface area contributed by atoms with Gasteiger partial charge >= 0.3 is 0 Å². The van der Waals surface area contributed by atoms with Crippen molar-refractivity contribution in [2.75, 3.05) is 20.1 Å². The SMILES string of the molecule is CN1CC2C(N)N2C2(CC2)C1. The average Bonchev–Trinajstić information content (AvgIpc) is 2.77. The van der Waals surface area contributed by atoms with Gasteiger partial charge in [-0.3, -0.25) is 4.90 Å². The molecule has 2 saturated heterocycles. The van der Waals surface area contributed by atoms with E-state index in [1.165, 1.54) is 25.9 Å². The van der Waals surface area contributed by atoms with Gasteiger partial charge in [0.2, 0.25) is 0 Å². The van der Waals surface area contributed by atoms with Crippen molar-refractivity contribution in [3.8, 4) is 0 Å². The fourth-order valence-corrected chi connectivity index (χ4v) is 2.69. The van der Waals surface area contributed by atoms with Gasteiger partial charge in [0.15, 0.2) is 0 Å². The first-order chi connectivity index (χ1) is 5.23. The van der Waals surface area contributed by atoms with Gasteiger partial charge in [-0.15, -0.1) is 0 Å². The summed E-state index contributed by atoms with van der Waals surface area (Å²) in [6, 6.07) is 0.691. The van der Waals surface area contributed by atoms with Crippen molar-refractivity contribution in [3.63, 3.8) is 0 Å². The van der Waals surface area contributed by atoms with Gasteiger partial charge in [0.05, 0.1) is 12.2 Å². The molecule has 11 heavy (non-hydrogen) atoms. The molecule has 1 saturated carbocycles. The monoisotopic (exact) mass is 153 g/mol. The van der Waals surface area contributed by atoms with Crippen molar-refractivity contribution >= 4 is 0 Å². The smallest absolute Gasteiger partial charge is 0.0754 e. The summed E-state index contributed by atoms with van der Waals surface area (Å²) in [6.45, 7) is 2.43. The Morgan fingerprint density at radius 2 is 2.18 bits per heavy atom. The van der Waals surface area contributed by atoms with Crippen LogP contribution in [-0.2, 0) is 0 Å². The molecular formula is C8H15N3. The van der Waals surface area contributed by atoms with Crippen LogP contribution in [0.3, 0.4) is 0 Å². The van der Waals surface area contributed by atoms with Crippen molar-refractivity contribution in [1.82, 2.24) is 9.80 Å². The van der Waals surface area contributed by atoms with Crippen molar-refractivity contribution in [1.29, 1.82) is 0 Å². The fraction of sp³-hybridized carbons (Fsp3) is 1.00. The highest BCUT2D eigenvalue weighted by Gasteiger charge is 2.65. The number of hydrogen-bond acceptors (Lipinski definition) is 3. The molecule has 0 aromatic rings. The molecule has 2 aliphatic heterocycles. The minimum absolute atomic E-state index is 0.391. The molecule has 3 atom stereocenters. The summed E-state index contributed by atoms with van der Waals surface area (Å²) in [6.07, 6.45) is 3.14. The summed E-state index contributed by atoms with van der Waals surface area (Å²) in [4.78, 5) is 4.95. The largest absolute Gasteiger partial charge is 0.314 e. The lowest BCUT2D eigenvalue weighted by atomic mass is 10.2. The molecule has 3 nitrogen and oxygen atoms in total. The Labute approximate surface area is 67.1 Å². The van der Waals surface area contributed by atoms with Gasteiger partial charge in [0.1, 0.15) is 0 Å². The Hall–Kier alpha value is -0.120. The van der Waals surface area contributed by atoms with Crippen molar-refractivity contribution in [2.24, 2.45) is 5.73 Å². The maximum Gasteiger partial charge on any atom is 0.0754 e. The van der Waals surface area contributed by atoms with Crippen molar-refractivity contribution in [2.45, 2.75) is 30.6 Å². The number of piperazine rings is 1. The van der Waals surface area contributed by atoms with Gasteiger partial charge < -0.3 is 10.6 Å². The molecule has 62 valence electrons. The second kappa shape index (κ2) is 1.63. The lowest BCUT2D eigenvalue weighted by molar-refractivity contribution is 0.168. The maximum absolute atomic E-state index is 5.95. The lowest BCUT2D eigenvalue weighted by Gasteiger charge is -2.30. The maximum atomic E-state index is 5.95. The topological polar surface area (TPSA) is 32.3 Å². The van der Waals surface area contributed by atoms with Crippen LogP contribution in [0.1, 0.15) is 12.8 Å². The zero-order valence-electron chi connectivity index (χ0n) is 6.95. The number of rotatable bonds is 0. The van der Waals surface area contributed by atoms with Crippen LogP contribution in [0, 0.1) is 0 Å². The Morgan fingerprint density at radius 1 is 1.45 bits per heavy atom. The number of nitrogens with zero attached hydrogens (tertiary/aromatic N) is 2. The third-order valence-corrected chi connectivity index (χ3v) is 3.42. The van der Waals surface area contributed by atoms with Gasteiger partial charge in [0.25, 0.3) is 0 Å². The second-order valence-corrected chi connectivity index (χ2v) is 4.39. The van der Waals surface area contributed by atoms with Gasteiger partial charge in [-0.25, -0.2) is 0 Å². The predicted molar refractivity (Wildman–Crippen MR) is 43.1 cm³/mol. The molecule has 2 heterocycles. The van der Waals surface area contributed by atoms with Gasteiger partial charge in [-0.1, -0.05) is 0 Å². The van der Waals surface area contributed by atoms with E-state index in [4.69, 9.17) is 5.73 Å². The minimum atomic E-state index is 0.391. The molecule has 1 aliphatic carbocycles. The highest BCUT2D eigenvalue weighted by molar-refractivity contribution is 5.20. The van der Waals surface area contributed by atoms with E-state index in [0.29, 0.717) is 17.7 Å². The van der Waals surface area contributed by atoms with Gasteiger partial charge in [0, 0.05) is 18.6 Å². The van der Waals surface area contributed by atoms with Gasteiger partial charge in [-0.05, 0) is 19.9 Å². The predicted octanol–water partition coefficient (Wildman–Crippen LogP) is -0.567. The number of nitrogens with two attached hydrogens (primary N) is 1. The summed E-state index contributed by atoms with van der Waals surface area (Å²) in [5.74, 6) is 0. The lowest BCUT2D eigenvalue weighted by Crippen LogP contribution is -2.44. The van der Waals surface area contributed by atoms with Crippen LogP contribution in [-0.4, -0.2) is 47.7 Å². The van der Waals surface area contributed by atoms with Crippen LogP contribution < -0.4 is 5.73 Å². The molecule has 3 fully saturated rings. The summed E-state index contributed by atoms with van der Waals surface area (Å²) < 4.78 is 0. The van der Waals surface area contributed by atoms with E-state index in [1.807, 2.05) is 0 Å². The van der Waals surface area contributed by atoms with Gasteiger partial charge in [-0.2, -0.15) is 0 Å². The van der Waals surface area contributed by atoms with E-state index in [-0.39, 0.29) is 0 Å². The Kier molecular flexibility index (Phi) is 0.947. The van der Waals surface area contributed by atoms with Crippen LogP contribution >= 0.6 is 0 Å². The molecule has 0 aromatic carbocycles. The quantitative estimate of drug-likeness (QED) is 0.473. The van der Waals surface area contributed by atoms with Crippen molar-refractivity contribution in [3.05, 3.63) is 0 Å². The molecule has 3 aliphatic rings. The minimum Gasteiger partial charge on any atom is -0.314 e.